The lowest BCUT2D eigenvalue weighted by Crippen LogP contribution is -2.40. The van der Waals surface area contributed by atoms with Crippen LogP contribution in [-0.2, 0) is 9.59 Å². The Hall–Kier alpha value is -2.02. The highest BCUT2D eigenvalue weighted by molar-refractivity contribution is 6.09. The van der Waals surface area contributed by atoms with Crippen molar-refractivity contribution in [3.63, 3.8) is 0 Å². The summed E-state index contributed by atoms with van der Waals surface area (Å²) in [6.07, 6.45) is 1.11. The van der Waals surface area contributed by atoms with E-state index >= 15 is 0 Å². The molecule has 2 aliphatic heterocycles. The molecule has 1 aromatic carbocycles. The van der Waals surface area contributed by atoms with Gasteiger partial charge in [-0.3, -0.25) is 9.59 Å². The van der Waals surface area contributed by atoms with Gasteiger partial charge in [0.1, 0.15) is 5.92 Å². The van der Waals surface area contributed by atoms with Crippen LogP contribution in [-0.4, -0.2) is 42.4 Å². The molecule has 1 aromatic rings. The van der Waals surface area contributed by atoms with Gasteiger partial charge in [-0.1, -0.05) is 0 Å². The van der Waals surface area contributed by atoms with E-state index in [0.717, 1.165) is 18.6 Å². The number of anilines is 1. The van der Waals surface area contributed by atoms with E-state index in [2.05, 4.69) is 0 Å². The molecule has 2 N–H and O–H groups in total. The SMILES string of the molecule is N[C@@H]1CCN(C(=O)[C@@H]2CCN(c3ccc(F)c(F)c3)C2=O)C1. The quantitative estimate of drug-likeness (QED) is 0.825. The van der Waals surface area contributed by atoms with Crippen LogP contribution >= 0.6 is 0 Å². The fourth-order valence-corrected chi connectivity index (χ4v) is 3.03. The Morgan fingerprint density at radius 3 is 2.59 bits per heavy atom. The van der Waals surface area contributed by atoms with Crippen LogP contribution in [0.15, 0.2) is 18.2 Å². The number of amides is 2. The molecule has 0 saturated carbocycles. The standard InChI is InChI=1S/C15H17F2N3O2/c16-12-2-1-10(7-13(12)17)20-6-4-11(15(20)22)14(21)19-5-3-9(18)8-19/h1-2,7,9,11H,3-6,8,18H2/t9-,11+/m1/s1. The summed E-state index contributed by atoms with van der Waals surface area (Å²) in [5, 5.41) is 0. The third-order valence-electron chi connectivity index (χ3n) is 4.25. The van der Waals surface area contributed by atoms with Crippen molar-refractivity contribution in [3.8, 4) is 0 Å². The maximum Gasteiger partial charge on any atom is 0.239 e. The van der Waals surface area contributed by atoms with Crippen LogP contribution in [0, 0.1) is 17.6 Å². The van der Waals surface area contributed by atoms with Crippen LogP contribution in [0.2, 0.25) is 0 Å². The third-order valence-corrected chi connectivity index (χ3v) is 4.25. The third kappa shape index (κ3) is 2.56. The first-order valence-corrected chi connectivity index (χ1v) is 7.28. The first-order valence-electron chi connectivity index (χ1n) is 7.28. The zero-order valence-electron chi connectivity index (χ0n) is 12.0. The van der Waals surface area contributed by atoms with Crippen molar-refractivity contribution in [1.82, 2.24) is 4.90 Å². The zero-order chi connectivity index (χ0) is 15.9. The summed E-state index contributed by atoms with van der Waals surface area (Å²) in [5.74, 6) is -3.31. The fourth-order valence-electron chi connectivity index (χ4n) is 3.03. The van der Waals surface area contributed by atoms with E-state index in [1.807, 2.05) is 0 Å². The normalized spacial score (nSPS) is 25.1. The van der Waals surface area contributed by atoms with E-state index in [4.69, 9.17) is 5.73 Å². The van der Waals surface area contributed by atoms with Gasteiger partial charge in [0, 0.05) is 37.4 Å². The summed E-state index contributed by atoms with van der Waals surface area (Å²) in [5.41, 5.74) is 6.05. The molecule has 0 spiro atoms. The van der Waals surface area contributed by atoms with Crippen LogP contribution < -0.4 is 10.6 Å². The van der Waals surface area contributed by atoms with Gasteiger partial charge in [0.25, 0.3) is 0 Å². The molecule has 0 unspecified atom stereocenters. The minimum atomic E-state index is -1.01. The summed E-state index contributed by atoms with van der Waals surface area (Å²) < 4.78 is 26.3. The van der Waals surface area contributed by atoms with Crippen molar-refractivity contribution in [3.05, 3.63) is 29.8 Å². The summed E-state index contributed by atoms with van der Waals surface area (Å²) in [4.78, 5) is 27.8. The number of carbonyl (C=O) groups excluding carboxylic acids is 2. The number of hydrogen-bond acceptors (Lipinski definition) is 3. The molecule has 2 atom stereocenters. The second kappa shape index (κ2) is 5.64. The average Bonchev–Trinajstić information content (AvgIpc) is 3.08. The number of nitrogens with two attached hydrogens (primary N) is 1. The topological polar surface area (TPSA) is 66.6 Å². The Kier molecular flexibility index (Phi) is 3.82. The molecular weight excluding hydrogens is 292 g/mol. The molecule has 3 rings (SSSR count). The van der Waals surface area contributed by atoms with Gasteiger partial charge >= 0.3 is 0 Å². The van der Waals surface area contributed by atoms with Crippen molar-refractivity contribution in [2.24, 2.45) is 11.7 Å². The first-order chi connectivity index (χ1) is 10.5. The lowest BCUT2D eigenvalue weighted by molar-refractivity contribution is -0.139. The summed E-state index contributed by atoms with van der Waals surface area (Å²) in [7, 11) is 0. The van der Waals surface area contributed by atoms with Gasteiger partial charge in [-0.25, -0.2) is 8.78 Å². The van der Waals surface area contributed by atoms with E-state index in [1.54, 1.807) is 4.90 Å². The van der Waals surface area contributed by atoms with Gasteiger partial charge in [0.15, 0.2) is 11.6 Å². The smallest absolute Gasteiger partial charge is 0.239 e. The summed E-state index contributed by atoms with van der Waals surface area (Å²) in [6.45, 7) is 1.35. The summed E-state index contributed by atoms with van der Waals surface area (Å²) in [6, 6.07) is 3.26. The van der Waals surface area contributed by atoms with Crippen molar-refractivity contribution < 1.29 is 18.4 Å². The summed E-state index contributed by atoms with van der Waals surface area (Å²) >= 11 is 0. The number of carbonyl (C=O) groups is 2. The van der Waals surface area contributed by atoms with Crippen LogP contribution in [0.4, 0.5) is 14.5 Å². The second-order valence-electron chi connectivity index (χ2n) is 5.76. The second-order valence-corrected chi connectivity index (χ2v) is 5.76. The van der Waals surface area contributed by atoms with Crippen LogP contribution in [0.3, 0.4) is 0 Å². The van der Waals surface area contributed by atoms with Gasteiger partial charge in [0.2, 0.25) is 11.8 Å². The predicted molar refractivity (Wildman–Crippen MR) is 76.0 cm³/mol. The Labute approximate surface area is 126 Å². The maximum absolute atomic E-state index is 13.3. The number of halogens is 2. The number of rotatable bonds is 2. The lowest BCUT2D eigenvalue weighted by Gasteiger charge is -2.20. The molecule has 2 heterocycles. The Morgan fingerprint density at radius 1 is 1.18 bits per heavy atom. The average molecular weight is 309 g/mol. The van der Waals surface area contributed by atoms with Crippen molar-refractivity contribution in [2.45, 2.75) is 18.9 Å². The molecule has 2 amide bonds. The van der Waals surface area contributed by atoms with Gasteiger partial charge in [-0.2, -0.15) is 0 Å². The maximum atomic E-state index is 13.3. The lowest BCUT2D eigenvalue weighted by atomic mass is 10.1. The molecular formula is C15H17F2N3O2. The molecule has 0 bridgehead atoms. The monoisotopic (exact) mass is 309 g/mol. The Bertz CT molecular complexity index is 623. The molecule has 2 fully saturated rings. The molecule has 7 heteroatoms. The van der Waals surface area contributed by atoms with Gasteiger partial charge in [-0.15, -0.1) is 0 Å². The minimum Gasteiger partial charge on any atom is -0.340 e. The molecule has 118 valence electrons. The van der Waals surface area contributed by atoms with E-state index < -0.39 is 17.6 Å². The number of nitrogens with zero attached hydrogens (tertiary/aromatic N) is 2. The van der Waals surface area contributed by atoms with E-state index in [9.17, 15) is 18.4 Å². The van der Waals surface area contributed by atoms with Gasteiger partial charge in [-0.05, 0) is 25.0 Å². The Morgan fingerprint density at radius 2 is 1.95 bits per heavy atom. The molecule has 5 nitrogen and oxygen atoms in total. The van der Waals surface area contributed by atoms with Crippen molar-refractivity contribution in [2.75, 3.05) is 24.5 Å². The largest absolute Gasteiger partial charge is 0.340 e. The minimum absolute atomic E-state index is 0.0391. The highest BCUT2D eigenvalue weighted by Gasteiger charge is 2.41. The molecule has 0 aromatic heterocycles. The van der Waals surface area contributed by atoms with Crippen LogP contribution in [0.25, 0.3) is 0 Å². The Balaban J connectivity index is 1.74. The van der Waals surface area contributed by atoms with Gasteiger partial charge in [0.05, 0.1) is 0 Å². The van der Waals surface area contributed by atoms with E-state index in [-0.39, 0.29) is 23.5 Å². The molecule has 22 heavy (non-hydrogen) atoms. The van der Waals surface area contributed by atoms with Crippen molar-refractivity contribution >= 4 is 17.5 Å². The van der Waals surface area contributed by atoms with Crippen molar-refractivity contribution in [1.29, 1.82) is 0 Å². The molecule has 0 radical (unpaired) electrons. The zero-order valence-corrected chi connectivity index (χ0v) is 12.0. The van der Waals surface area contributed by atoms with Crippen LogP contribution in [0.5, 0.6) is 0 Å². The highest BCUT2D eigenvalue weighted by Crippen LogP contribution is 2.28. The predicted octanol–water partition coefficient (Wildman–Crippen LogP) is 0.877. The molecule has 2 saturated heterocycles. The van der Waals surface area contributed by atoms with E-state index in [1.165, 1.54) is 11.0 Å². The first kappa shape index (κ1) is 14.9. The number of likely N-dealkylation sites (tertiary alicyclic amines) is 1. The van der Waals surface area contributed by atoms with Crippen LogP contribution in [0.1, 0.15) is 12.8 Å². The fraction of sp³-hybridized carbons (Fsp3) is 0.467. The molecule has 2 aliphatic rings. The highest BCUT2D eigenvalue weighted by atomic mass is 19.2. The number of hydrogen-bond donors (Lipinski definition) is 1. The van der Waals surface area contributed by atoms with E-state index in [0.29, 0.717) is 26.1 Å². The molecule has 0 aliphatic carbocycles. The number of benzene rings is 1. The van der Waals surface area contributed by atoms with Gasteiger partial charge < -0.3 is 15.5 Å².